The van der Waals surface area contributed by atoms with Crippen LogP contribution in [0.25, 0.3) is 0 Å². The largest absolute Gasteiger partial charge is 1.00 e. The predicted octanol–water partition coefficient (Wildman–Crippen LogP) is -1.14. The minimum absolute atomic E-state index is 0. The molecule has 3 rings (SSSR count). The van der Waals surface area contributed by atoms with Gasteiger partial charge in [-0.3, -0.25) is 4.98 Å². The van der Waals surface area contributed by atoms with Crippen LogP contribution in [0.5, 0.6) is 0 Å². The minimum atomic E-state index is -1.09. The Labute approximate surface area is 144 Å². The molecule has 0 radical (unpaired) electrons. The summed E-state index contributed by atoms with van der Waals surface area (Å²) in [5.74, 6) is -0.448. The summed E-state index contributed by atoms with van der Waals surface area (Å²) in [5.41, 5.74) is 4.62. The average Bonchev–Trinajstić information content (AvgIpc) is 2.91. The molecule has 1 unspecified atom stereocenters. The summed E-state index contributed by atoms with van der Waals surface area (Å²) < 4.78 is 0. The SMILES string of the molecule is O=C([O-])c1ccc2c(c1)CCC(Cc1cncs1)C2.[Na+]. The van der Waals surface area contributed by atoms with Crippen molar-refractivity contribution < 1.29 is 39.5 Å². The molecule has 5 heteroatoms. The number of hydrogen-bond donors (Lipinski definition) is 0. The fraction of sp³-hybridized carbons (Fsp3) is 0.333. The first-order valence-corrected chi connectivity index (χ1v) is 7.31. The first-order chi connectivity index (χ1) is 9.22. The van der Waals surface area contributed by atoms with E-state index in [1.54, 1.807) is 23.5 Å². The number of rotatable bonds is 3. The zero-order valence-electron chi connectivity index (χ0n) is 11.5. The zero-order chi connectivity index (χ0) is 13.2. The van der Waals surface area contributed by atoms with Gasteiger partial charge in [0.2, 0.25) is 0 Å². The van der Waals surface area contributed by atoms with E-state index in [0.29, 0.717) is 11.5 Å². The van der Waals surface area contributed by atoms with Crippen LogP contribution in [0.3, 0.4) is 0 Å². The molecule has 2 aromatic rings. The van der Waals surface area contributed by atoms with E-state index in [2.05, 4.69) is 4.98 Å². The number of aryl methyl sites for hydroxylation is 1. The number of aromatic nitrogens is 1. The van der Waals surface area contributed by atoms with Gasteiger partial charge < -0.3 is 9.90 Å². The first kappa shape index (κ1) is 15.7. The third-order valence-corrected chi connectivity index (χ3v) is 4.55. The standard InChI is InChI=1S/C15H15NO2S.Na/c17-15(18)13-4-3-11-5-10(1-2-12(11)7-13)6-14-8-16-9-19-14;/h3-4,7-10H,1-2,5-6H2,(H,17,18);/q;+1/p-1. The molecule has 1 heterocycles. The van der Waals surface area contributed by atoms with E-state index in [1.165, 1.54) is 16.0 Å². The quantitative estimate of drug-likeness (QED) is 0.673. The van der Waals surface area contributed by atoms with Crippen molar-refractivity contribution in [3.8, 4) is 0 Å². The van der Waals surface area contributed by atoms with Gasteiger partial charge in [-0.1, -0.05) is 12.1 Å². The number of carboxylic acids is 1. The number of nitrogens with zero attached hydrogens (tertiary/aromatic N) is 1. The molecule has 0 spiro atoms. The van der Waals surface area contributed by atoms with Crippen LogP contribution >= 0.6 is 11.3 Å². The van der Waals surface area contributed by atoms with Gasteiger partial charge in [0.15, 0.2) is 0 Å². The molecule has 0 fully saturated rings. The summed E-state index contributed by atoms with van der Waals surface area (Å²) in [6, 6.07) is 5.37. The number of carbonyl (C=O) groups is 1. The van der Waals surface area contributed by atoms with Crippen LogP contribution in [0.4, 0.5) is 0 Å². The molecule has 20 heavy (non-hydrogen) atoms. The number of carbonyl (C=O) groups excluding carboxylic acids is 1. The van der Waals surface area contributed by atoms with Crippen LogP contribution in [0.1, 0.15) is 32.8 Å². The molecular weight excluding hydrogens is 281 g/mol. The molecule has 0 bridgehead atoms. The third-order valence-electron chi connectivity index (χ3n) is 3.75. The maximum Gasteiger partial charge on any atom is 1.00 e. The van der Waals surface area contributed by atoms with E-state index in [1.807, 2.05) is 17.8 Å². The van der Waals surface area contributed by atoms with Crippen molar-refractivity contribution in [2.45, 2.75) is 25.7 Å². The van der Waals surface area contributed by atoms with Gasteiger partial charge in [0, 0.05) is 11.1 Å². The normalized spacial score (nSPS) is 17.1. The van der Waals surface area contributed by atoms with E-state index >= 15 is 0 Å². The Morgan fingerprint density at radius 2 is 2.25 bits per heavy atom. The Morgan fingerprint density at radius 1 is 1.40 bits per heavy atom. The van der Waals surface area contributed by atoms with Gasteiger partial charge in [-0.15, -0.1) is 11.3 Å². The van der Waals surface area contributed by atoms with Gasteiger partial charge >= 0.3 is 29.6 Å². The number of carboxylic acid groups (broad SMARTS) is 1. The van der Waals surface area contributed by atoms with Crippen LogP contribution in [0.15, 0.2) is 29.9 Å². The molecule has 1 aromatic heterocycles. The van der Waals surface area contributed by atoms with Gasteiger partial charge in [0.05, 0.1) is 11.5 Å². The van der Waals surface area contributed by atoms with Crippen molar-refractivity contribution in [3.05, 3.63) is 51.5 Å². The van der Waals surface area contributed by atoms with Crippen molar-refractivity contribution in [1.29, 1.82) is 0 Å². The fourth-order valence-corrected chi connectivity index (χ4v) is 3.47. The van der Waals surface area contributed by atoms with Gasteiger partial charge in [-0.05, 0) is 54.4 Å². The summed E-state index contributed by atoms with van der Waals surface area (Å²) >= 11 is 1.71. The third kappa shape index (κ3) is 3.50. The number of fused-ring (bicyclic) bond motifs is 1. The molecule has 1 aliphatic rings. The van der Waals surface area contributed by atoms with Crippen LogP contribution in [0, 0.1) is 5.92 Å². The molecule has 0 saturated heterocycles. The molecule has 1 atom stereocenters. The maximum atomic E-state index is 10.8. The maximum absolute atomic E-state index is 10.8. The summed E-state index contributed by atoms with van der Waals surface area (Å²) in [5, 5.41) is 10.8. The molecule has 3 nitrogen and oxygen atoms in total. The molecule has 1 aromatic carbocycles. The van der Waals surface area contributed by atoms with Gasteiger partial charge in [0.1, 0.15) is 0 Å². The molecule has 1 aliphatic carbocycles. The van der Waals surface area contributed by atoms with Crippen LogP contribution < -0.4 is 34.7 Å². The first-order valence-electron chi connectivity index (χ1n) is 6.43. The number of hydrogen-bond acceptors (Lipinski definition) is 4. The van der Waals surface area contributed by atoms with Gasteiger partial charge in [0.25, 0.3) is 0 Å². The molecule has 0 saturated carbocycles. The van der Waals surface area contributed by atoms with Crippen molar-refractivity contribution in [2.24, 2.45) is 5.92 Å². The molecular formula is C15H14NNaO2S. The van der Waals surface area contributed by atoms with Crippen LogP contribution in [-0.4, -0.2) is 11.0 Å². The molecule has 0 aliphatic heterocycles. The van der Waals surface area contributed by atoms with E-state index in [9.17, 15) is 9.90 Å². The van der Waals surface area contributed by atoms with Crippen LogP contribution in [0.2, 0.25) is 0 Å². The Hall–Kier alpha value is -0.680. The molecule has 0 N–H and O–H groups in total. The van der Waals surface area contributed by atoms with Gasteiger partial charge in [-0.2, -0.15) is 0 Å². The van der Waals surface area contributed by atoms with Crippen molar-refractivity contribution in [2.75, 3.05) is 0 Å². The van der Waals surface area contributed by atoms with E-state index in [0.717, 1.165) is 25.7 Å². The van der Waals surface area contributed by atoms with E-state index in [4.69, 9.17) is 0 Å². The second-order valence-electron chi connectivity index (χ2n) is 5.05. The second kappa shape index (κ2) is 6.85. The van der Waals surface area contributed by atoms with E-state index < -0.39 is 5.97 Å². The van der Waals surface area contributed by atoms with Crippen molar-refractivity contribution in [1.82, 2.24) is 4.98 Å². The number of benzene rings is 1. The number of aromatic carboxylic acids is 1. The summed E-state index contributed by atoms with van der Waals surface area (Å²) in [7, 11) is 0. The molecule has 98 valence electrons. The smallest absolute Gasteiger partial charge is 0.545 e. The summed E-state index contributed by atoms with van der Waals surface area (Å²) in [4.78, 5) is 16.3. The van der Waals surface area contributed by atoms with Crippen molar-refractivity contribution in [3.63, 3.8) is 0 Å². The molecule has 0 amide bonds. The monoisotopic (exact) mass is 295 g/mol. The van der Waals surface area contributed by atoms with Gasteiger partial charge in [-0.25, -0.2) is 0 Å². The summed E-state index contributed by atoms with van der Waals surface area (Å²) in [6.07, 6.45) is 6.12. The van der Waals surface area contributed by atoms with E-state index in [-0.39, 0.29) is 29.6 Å². The van der Waals surface area contributed by atoms with Crippen molar-refractivity contribution >= 4 is 17.3 Å². The van der Waals surface area contributed by atoms with Crippen LogP contribution in [-0.2, 0) is 19.3 Å². The fourth-order valence-electron chi connectivity index (χ4n) is 2.76. The topological polar surface area (TPSA) is 53.0 Å². The predicted molar refractivity (Wildman–Crippen MR) is 72.1 cm³/mol. The Morgan fingerprint density at radius 3 is 2.95 bits per heavy atom. The second-order valence-corrected chi connectivity index (χ2v) is 6.02. The number of thiazole rings is 1. The zero-order valence-corrected chi connectivity index (χ0v) is 14.3. The Kier molecular flexibility index (Phi) is 5.38. The average molecular weight is 295 g/mol. The Bertz CT molecular complexity index is 598. The minimum Gasteiger partial charge on any atom is -0.545 e. The Balaban J connectivity index is 0.00000147. The summed E-state index contributed by atoms with van der Waals surface area (Å²) in [6.45, 7) is 0.